The van der Waals surface area contributed by atoms with Gasteiger partial charge in [0.2, 0.25) is 5.91 Å². The zero-order valence-corrected chi connectivity index (χ0v) is 14.9. The van der Waals surface area contributed by atoms with Crippen molar-refractivity contribution >= 4 is 40.3 Å². The highest BCUT2D eigenvalue weighted by molar-refractivity contribution is 7.99. The van der Waals surface area contributed by atoms with Crippen LogP contribution in [0.2, 0.25) is 5.02 Å². The zero-order valence-electron chi connectivity index (χ0n) is 13.3. The summed E-state index contributed by atoms with van der Waals surface area (Å²) in [5, 5.41) is 3.66. The summed E-state index contributed by atoms with van der Waals surface area (Å²) in [5.41, 5.74) is 2.01. The van der Waals surface area contributed by atoms with E-state index in [9.17, 15) is 4.79 Å². The molecule has 0 spiro atoms. The summed E-state index contributed by atoms with van der Waals surface area (Å²) in [7, 11) is 1.96. The number of carbonyl (C=O) groups is 1. The topological polar surface area (TPSA) is 46.9 Å². The Labute approximate surface area is 150 Å². The lowest BCUT2D eigenvalue weighted by atomic mass is 10.3. The Balaban J connectivity index is 1.50. The van der Waals surface area contributed by atoms with Crippen molar-refractivity contribution in [1.82, 2.24) is 14.9 Å². The van der Waals surface area contributed by atoms with Gasteiger partial charge < -0.3 is 9.88 Å². The van der Waals surface area contributed by atoms with Crippen molar-refractivity contribution in [3.05, 3.63) is 59.4 Å². The van der Waals surface area contributed by atoms with Crippen molar-refractivity contribution < 1.29 is 4.79 Å². The molecule has 0 aliphatic heterocycles. The zero-order chi connectivity index (χ0) is 16.9. The molecule has 24 heavy (non-hydrogen) atoms. The van der Waals surface area contributed by atoms with E-state index >= 15 is 0 Å². The highest BCUT2D eigenvalue weighted by Crippen LogP contribution is 2.26. The molecule has 0 unspecified atom stereocenters. The summed E-state index contributed by atoms with van der Waals surface area (Å²) in [6.07, 6.45) is 0.444. The monoisotopic (exact) mass is 359 g/mol. The predicted molar refractivity (Wildman–Crippen MR) is 99.4 cm³/mol. The van der Waals surface area contributed by atoms with E-state index in [-0.39, 0.29) is 5.91 Å². The number of fused-ring (bicyclic) bond motifs is 1. The molecule has 6 heteroatoms. The molecule has 1 N–H and O–H groups in total. The van der Waals surface area contributed by atoms with Crippen LogP contribution in [0.4, 0.5) is 0 Å². The summed E-state index contributed by atoms with van der Waals surface area (Å²) in [5.74, 6) is 1.56. The maximum atomic E-state index is 12.0. The molecule has 1 heterocycles. The first kappa shape index (κ1) is 16.9. The Kier molecular flexibility index (Phi) is 5.43. The van der Waals surface area contributed by atoms with Gasteiger partial charge in [0.25, 0.3) is 0 Å². The fraction of sp³-hybridized carbons (Fsp3) is 0.222. The predicted octanol–water partition coefficient (Wildman–Crippen LogP) is 4.03. The molecular formula is C18H18ClN3OS. The second-order valence-electron chi connectivity index (χ2n) is 5.38. The number of hydrogen-bond donors (Lipinski definition) is 1. The molecule has 0 saturated heterocycles. The molecule has 1 amide bonds. The fourth-order valence-corrected chi connectivity index (χ4v) is 3.62. The van der Waals surface area contributed by atoms with Crippen LogP contribution in [0, 0.1) is 0 Å². The van der Waals surface area contributed by atoms with Crippen molar-refractivity contribution in [3.63, 3.8) is 0 Å². The Morgan fingerprint density at radius 3 is 2.75 bits per heavy atom. The number of carbonyl (C=O) groups excluding carboxylic acids is 1. The number of amides is 1. The summed E-state index contributed by atoms with van der Waals surface area (Å²) < 4.78 is 2.01. The lowest BCUT2D eigenvalue weighted by Crippen LogP contribution is -2.24. The number of benzene rings is 2. The van der Waals surface area contributed by atoms with E-state index in [1.807, 2.05) is 60.1 Å². The van der Waals surface area contributed by atoms with Gasteiger partial charge in [-0.15, -0.1) is 11.8 Å². The Morgan fingerprint density at radius 1 is 1.21 bits per heavy atom. The highest BCUT2D eigenvalue weighted by atomic mass is 35.5. The van der Waals surface area contributed by atoms with E-state index in [2.05, 4.69) is 10.3 Å². The van der Waals surface area contributed by atoms with Gasteiger partial charge in [-0.1, -0.05) is 35.9 Å². The van der Waals surface area contributed by atoms with Gasteiger partial charge in [-0.05, 0) is 24.3 Å². The van der Waals surface area contributed by atoms with Gasteiger partial charge in [-0.25, -0.2) is 4.98 Å². The lowest BCUT2D eigenvalue weighted by molar-refractivity contribution is -0.120. The van der Waals surface area contributed by atoms with E-state index in [4.69, 9.17) is 11.6 Å². The smallest absolute Gasteiger partial charge is 0.221 e. The van der Waals surface area contributed by atoms with Crippen molar-refractivity contribution in [2.75, 3.05) is 5.75 Å². The SMILES string of the molecule is Cn1c(CNC(=O)CCSc2ccccc2Cl)nc2ccccc21. The summed E-state index contributed by atoms with van der Waals surface area (Å²) in [4.78, 5) is 17.6. The molecule has 0 aliphatic carbocycles. The maximum absolute atomic E-state index is 12.0. The first-order chi connectivity index (χ1) is 11.6. The van der Waals surface area contributed by atoms with E-state index in [0.29, 0.717) is 18.7 Å². The third-order valence-electron chi connectivity index (χ3n) is 3.75. The number of para-hydroxylation sites is 2. The minimum Gasteiger partial charge on any atom is -0.349 e. The van der Waals surface area contributed by atoms with Gasteiger partial charge in [0.1, 0.15) is 5.82 Å². The second kappa shape index (κ2) is 7.73. The number of thioether (sulfide) groups is 1. The number of aromatic nitrogens is 2. The second-order valence-corrected chi connectivity index (χ2v) is 6.93. The number of aryl methyl sites for hydroxylation is 1. The quantitative estimate of drug-likeness (QED) is 0.676. The molecule has 3 aromatic rings. The van der Waals surface area contributed by atoms with Crippen LogP contribution >= 0.6 is 23.4 Å². The fourth-order valence-electron chi connectivity index (χ4n) is 2.44. The minimum atomic E-state index is 0.0154. The molecule has 0 aliphatic rings. The van der Waals surface area contributed by atoms with Crippen LogP contribution < -0.4 is 5.32 Å². The molecule has 0 bridgehead atoms. The average Bonchev–Trinajstić information content (AvgIpc) is 2.91. The summed E-state index contributed by atoms with van der Waals surface area (Å²) in [6, 6.07) is 15.6. The number of rotatable bonds is 6. The third kappa shape index (κ3) is 3.91. The third-order valence-corrected chi connectivity index (χ3v) is 5.26. The van der Waals surface area contributed by atoms with Crippen LogP contribution in [0.1, 0.15) is 12.2 Å². The molecular weight excluding hydrogens is 342 g/mol. The number of nitrogens with one attached hydrogen (secondary N) is 1. The number of halogens is 1. The number of nitrogens with zero attached hydrogens (tertiary/aromatic N) is 2. The standard InChI is InChI=1S/C18H18ClN3OS/c1-22-15-8-4-3-7-14(15)21-17(22)12-20-18(23)10-11-24-16-9-5-2-6-13(16)19/h2-9H,10-12H2,1H3,(H,20,23). The molecule has 4 nitrogen and oxygen atoms in total. The minimum absolute atomic E-state index is 0.0154. The average molecular weight is 360 g/mol. The van der Waals surface area contributed by atoms with Crippen molar-refractivity contribution in [2.24, 2.45) is 7.05 Å². The van der Waals surface area contributed by atoms with Crippen molar-refractivity contribution in [2.45, 2.75) is 17.9 Å². The number of hydrogen-bond acceptors (Lipinski definition) is 3. The summed E-state index contributed by atoms with van der Waals surface area (Å²) in [6.45, 7) is 0.431. The molecule has 0 saturated carbocycles. The van der Waals surface area contributed by atoms with Crippen LogP contribution in [0.3, 0.4) is 0 Å². The van der Waals surface area contributed by atoms with Crippen LogP contribution in [0.25, 0.3) is 11.0 Å². The first-order valence-electron chi connectivity index (χ1n) is 7.69. The number of imidazole rings is 1. The van der Waals surface area contributed by atoms with Crippen LogP contribution in [-0.4, -0.2) is 21.2 Å². The lowest BCUT2D eigenvalue weighted by Gasteiger charge is -2.06. The van der Waals surface area contributed by atoms with Crippen LogP contribution in [-0.2, 0) is 18.4 Å². The molecule has 0 radical (unpaired) electrons. The summed E-state index contributed by atoms with van der Waals surface area (Å²) >= 11 is 7.69. The van der Waals surface area contributed by atoms with Crippen LogP contribution in [0.15, 0.2) is 53.4 Å². The molecule has 124 valence electrons. The van der Waals surface area contributed by atoms with E-state index in [1.165, 1.54) is 0 Å². The van der Waals surface area contributed by atoms with Gasteiger partial charge in [0, 0.05) is 24.1 Å². The van der Waals surface area contributed by atoms with E-state index in [0.717, 1.165) is 26.8 Å². The molecule has 0 fully saturated rings. The highest BCUT2D eigenvalue weighted by Gasteiger charge is 2.09. The molecule has 0 atom stereocenters. The van der Waals surface area contributed by atoms with Crippen molar-refractivity contribution in [3.8, 4) is 0 Å². The van der Waals surface area contributed by atoms with Gasteiger partial charge in [-0.3, -0.25) is 4.79 Å². The van der Waals surface area contributed by atoms with E-state index < -0.39 is 0 Å². The van der Waals surface area contributed by atoms with Gasteiger partial charge in [-0.2, -0.15) is 0 Å². The Hall–Kier alpha value is -1.98. The van der Waals surface area contributed by atoms with Gasteiger partial charge in [0.15, 0.2) is 0 Å². The van der Waals surface area contributed by atoms with E-state index in [1.54, 1.807) is 11.8 Å². The van der Waals surface area contributed by atoms with Crippen LogP contribution in [0.5, 0.6) is 0 Å². The first-order valence-corrected chi connectivity index (χ1v) is 9.06. The normalized spacial score (nSPS) is 10.9. The van der Waals surface area contributed by atoms with Crippen molar-refractivity contribution in [1.29, 1.82) is 0 Å². The maximum Gasteiger partial charge on any atom is 0.221 e. The Bertz CT molecular complexity index is 862. The molecule has 2 aromatic carbocycles. The Morgan fingerprint density at radius 2 is 1.96 bits per heavy atom. The molecule has 1 aromatic heterocycles. The van der Waals surface area contributed by atoms with Gasteiger partial charge >= 0.3 is 0 Å². The molecule has 3 rings (SSSR count). The van der Waals surface area contributed by atoms with Gasteiger partial charge in [0.05, 0.1) is 22.6 Å². The largest absolute Gasteiger partial charge is 0.349 e.